The number of hydrogen-bond acceptors (Lipinski definition) is 13. The van der Waals surface area contributed by atoms with Crippen LogP contribution in [0, 0.1) is 12.8 Å². The summed E-state index contributed by atoms with van der Waals surface area (Å²) in [6, 6.07) is 4.32. The normalized spacial score (nSPS) is 25.4. The highest BCUT2D eigenvalue weighted by Crippen LogP contribution is 2.46. The third kappa shape index (κ3) is 8.35. The fourth-order valence-electron chi connectivity index (χ4n) is 7.99. The SMILES string of the molecule is COc1ccc2c(O[C@@H]3C[C@H]4C(=O)N[C@@]5(C(=O)NS(=O)(=O)C6CC6)C[C@@H]5/C=C\CCCCCC(OC(=O)n5ccnc5)C(=O)N4C3)cc(-c3nc(C(C)C)cs3)nc2c1C. The molecule has 318 valence electrons. The highest BCUT2D eigenvalue weighted by atomic mass is 32.2. The molecular weight excluding hydrogens is 811 g/mol. The Balaban J connectivity index is 1.15. The van der Waals surface area contributed by atoms with Gasteiger partial charge in [0.1, 0.15) is 46.2 Å². The Morgan fingerprint density at radius 2 is 1.90 bits per heavy atom. The predicted octanol–water partition coefficient (Wildman–Crippen LogP) is 5.40. The number of fused-ring (bicyclic) bond motifs is 3. The van der Waals surface area contributed by atoms with Crippen LogP contribution in [-0.2, 0) is 29.1 Å². The van der Waals surface area contributed by atoms with Gasteiger partial charge in [-0.05, 0) is 69.9 Å². The first-order valence-corrected chi connectivity index (χ1v) is 22.9. The number of ether oxygens (including phenoxy) is 3. The largest absolute Gasteiger partial charge is 0.496 e. The van der Waals surface area contributed by atoms with Crippen molar-refractivity contribution >= 4 is 56.1 Å². The van der Waals surface area contributed by atoms with Gasteiger partial charge in [0.05, 0.1) is 30.1 Å². The summed E-state index contributed by atoms with van der Waals surface area (Å²) in [5.41, 5.74) is 1.41. The second-order valence-electron chi connectivity index (χ2n) is 16.4. The lowest BCUT2D eigenvalue weighted by atomic mass is 10.1. The zero-order chi connectivity index (χ0) is 42.3. The van der Waals surface area contributed by atoms with Crippen LogP contribution in [0.1, 0.15) is 88.8 Å². The molecule has 3 fully saturated rings. The van der Waals surface area contributed by atoms with E-state index in [1.165, 1.54) is 35.0 Å². The number of methoxy groups -OCH3 is 1. The number of aryl methyl sites for hydroxylation is 1. The molecule has 1 aromatic carbocycles. The van der Waals surface area contributed by atoms with E-state index in [-0.39, 0.29) is 31.7 Å². The second kappa shape index (κ2) is 16.6. The van der Waals surface area contributed by atoms with Gasteiger partial charge in [0.2, 0.25) is 15.9 Å². The Labute approximate surface area is 352 Å². The Bertz CT molecular complexity index is 2450. The summed E-state index contributed by atoms with van der Waals surface area (Å²) in [4.78, 5) is 71.5. The molecule has 5 heterocycles. The number of hydrogen-bond donors (Lipinski definition) is 2. The molecule has 8 rings (SSSR count). The zero-order valence-corrected chi connectivity index (χ0v) is 35.6. The number of nitrogens with zero attached hydrogens (tertiary/aromatic N) is 5. The summed E-state index contributed by atoms with van der Waals surface area (Å²) in [7, 11) is -2.33. The molecule has 0 radical (unpaired) electrons. The molecule has 4 aliphatic rings. The molecule has 0 bridgehead atoms. The molecule has 2 aliphatic heterocycles. The third-order valence-corrected chi connectivity index (χ3v) is 14.4. The van der Waals surface area contributed by atoms with Crippen molar-refractivity contribution in [1.82, 2.24) is 34.5 Å². The van der Waals surface area contributed by atoms with Crippen molar-refractivity contribution in [3.8, 4) is 22.2 Å². The molecule has 1 unspecified atom stereocenters. The summed E-state index contributed by atoms with van der Waals surface area (Å²) >= 11 is 1.47. The smallest absolute Gasteiger partial charge is 0.420 e. The van der Waals surface area contributed by atoms with Crippen molar-refractivity contribution in [2.75, 3.05) is 13.7 Å². The van der Waals surface area contributed by atoms with Gasteiger partial charge >= 0.3 is 6.09 Å². The summed E-state index contributed by atoms with van der Waals surface area (Å²) in [5.74, 6) is -1.19. The Hall–Kier alpha value is -5.36. The number of nitrogens with one attached hydrogen (secondary N) is 2. The van der Waals surface area contributed by atoms with Crippen LogP contribution in [0.25, 0.3) is 21.6 Å². The fraction of sp³-hybridized carbons (Fsp3) is 0.500. The number of amides is 3. The quantitative estimate of drug-likeness (QED) is 0.203. The van der Waals surface area contributed by atoms with E-state index in [9.17, 15) is 27.6 Å². The van der Waals surface area contributed by atoms with Gasteiger partial charge < -0.3 is 24.4 Å². The number of thiazole rings is 1. The number of rotatable bonds is 9. The number of benzene rings is 1. The molecular formula is C42H49N7O9S2. The first kappa shape index (κ1) is 41.4. The van der Waals surface area contributed by atoms with Crippen LogP contribution in [0.5, 0.6) is 11.5 Å². The Kier molecular flexibility index (Phi) is 11.4. The number of sulfonamides is 1. The number of pyridine rings is 1. The maximum Gasteiger partial charge on any atom is 0.420 e. The average molecular weight is 860 g/mol. The minimum absolute atomic E-state index is 0.0153. The van der Waals surface area contributed by atoms with E-state index >= 15 is 0 Å². The van der Waals surface area contributed by atoms with Crippen LogP contribution in [0.4, 0.5) is 4.79 Å². The molecule has 16 nitrogen and oxygen atoms in total. The van der Waals surface area contributed by atoms with Crippen LogP contribution in [0.2, 0.25) is 0 Å². The minimum atomic E-state index is -3.92. The number of allylic oxidation sites excluding steroid dienone is 1. The first-order chi connectivity index (χ1) is 28.8. The van der Waals surface area contributed by atoms with Gasteiger partial charge in [-0.25, -0.2) is 32.7 Å². The first-order valence-electron chi connectivity index (χ1n) is 20.4. The highest BCUT2D eigenvalue weighted by Gasteiger charge is 2.62. The number of carbonyl (C=O) groups excluding carboxylic acids is 4. The molecule has 2 aliphatic carbocycles. The van der Waals surface area contributed by atoms with Crippen molar-refractivity contribution < 1.29 is 41.8 Å². The molecule has 4 aromatic rings. The number of imidazole rings is 1. The second-order valence-corrected chi connectivity index (χ2v) is 19.2. The molecule has 0 spiro atoms. The lowest BCUT2D eigenvalue weighted by Gasteiger charge is -2.29. The van der Waals surface area contributed by atoms with Gasteiger partial charge in [-0.3, -0.25) is 19.1 Å². The van der Waals surface area contributed by atoms with Gasteiger partial charge in [-0.1, -0.05) is 32.4 Å². The molecule has 1 saturated heterocycles. The standard InChI is InChI=1S/C42H49N7O9S2/c1-24(2)31-22-59-38(45-31)30-19-35(29-14-15-33(56-4)25(3)36(29)44-30)57-27-18-32-37(50)46-42(40(52)47-60(54,55)28-12-13-28)20-26(42)10-8-6-5-7-9-11-34(39(51)49(32)21-27)58-41(53)48-17-16-43-23-48/h8,10,14-17,19,22-24,26-28,32,34H,5-7,9,11-13,18,20-21H2,1-4H3,(H,46,50)(H,47,52)/b10-8-/t26-,27+,32-,34?,42-/m0/s1. The van der Waals surface area contributed by atoms with Crippen molar-refractivity contribution in [2.24, 2.45) is 5.92 Å². The summed E-state index contributed by atoms with van der Waals surface area (Å²) in [6.45, 7) is 5.99. The van der Waals surface area contributed by atoms with Gasteiger partial charge in [0.25, 0.3) is 11.8 Å². The van der Waals surface area contributed by atoms with Gasteiger partial charge in [-0.15, -0.1) is 11.3 Å². The van der Waals surface area contributed by atoms with E-state index in [1.54, 1.807) is 7.11 Å². The molecule has 2 saturated carbocycles. The molecule has 3 amide bonds. The third-order valence-electron chi connectivity index (χ3n) is 11.7. The Morgan fingerprint density at radius 3 is 2.62 bits per heavy atom. The zero-order valence-electron chi connectivity index (χ0n) is 34.0. The van der Waals surface area contributed by atoms with E-state index in [0.717, 1.165) is 28.7 Å². The van der Waals surface area contributed by atoms with Crippen LogP contribution in [0.3, 0.4) is 0 Å². The van der Waals surface area contributed by atoms with E-state index in [1.807, 2.05) is 42.7 Å². The molecule has 5 atom stereocenters. The van der Waals surface area contributed by atoms with E-state index in [0.29, 0.717) is 58.8 Å². The van der Waals surface area contributed by atoms with Crippen molar-refractivity contribution in [3.63, 3.8) is 0 Å². The van der Waals surface area contributed by atoms with Crippen LogP contribution in [0.15, 0.2) is 54.5 Å². The maximum atomic E-state index is 14.7. The van der Waals surface area contributed by atoms with Crippen molar-refractivity contribution in [2.45, 2.75) is 114 Å². The van der Waals surface area contributed by atoms with Gasteiger partial charge in [0, 0.05) is 47.1 Å². The molecule has 3 aromatic heterocycles. The lowest BCUT2D eigenvalue weighted by Crippen LogP contribution is -2.57. The van der Waals surface area contributed by atoms with E-state index in [4.69, 9.17) is 24.2 Å². The van der Waals surface area contributed by atoms with Crippen molar-refractivity contribution in [3.05, 3.63) is 65.7 Å². The number of aromatic nitrogens is 4. The highest BCUT2D eigenvalue weighted by molar-refractivity contribution is 7.91. The van der Waals surface area contributed by atoms with Crippen molar-refractivity contribution in [1.29, 1.82) is 0 Å². The predicted molar refractivity (Wildman–Crippen MR) is 222 cm³/mol. The molecule has 2 N–H and O–H groups in total. The minimum Gasteiger partial charge on any atom is -0.496 e. The summed E-state index contributed by atoms with van der Waals surface area (Å²) < 4.78 is 47.5. The van der Waals surface area contributed by atoms with Crippen LogP contribution >= 0.6 is 11.3 Å². The topological polar surface area (TPSA) is 201 Å². The van der Waals surface area contributed by atoms with Gasteiger partial charge in [-0.2, -0.15) is 0 Å². The van der Waals surface area contributed by atoms with Crippen LogP contribution in [-0.4, -0.2) is 99.3 Å². The fourth-order valence-corrected chi connectivity index (χ4v) is 10.3. The summed E-state index contributed by atoms with van der Waals surface area (Å²) in [5, 5.41) is 5.64. The average Bonchev–Trinajstić information content (AvgIpc) is 3.95. The van der Waals surface area contributed by atoms with Gasteiger partial charge in [0.15, 0.2) is 6.10 Å². The van der Waals surface area contributed by atoms with E-state index < -0.39 is 68.8 Å². The number of carbonyl (C=O) groups is 4. The molecule has 18 heteroatoms. The maximum absolute atomic E-state index is 14.7. The van der Waals surface area contributed by atoms with Crippen LogP contribution < -0.4 is 19.5 Å². The Morgan fingerprint density at radius 1 is 1.08 bits per heavy atom. The monoisotopic (exact) mass is 859 g/mol. The van der Waals surface area contributed by atoms with E-state index in [2.05, 4.69) is 28.9 Å². The lowest BCUT2D eigenvalue weighted by molar-refractivity contribution is -0.146. The summed E-state index contributed by atoms with van der Waals surface area (Å²) in [6.07, 6.45) is 9.18. The molecule has 60 heavy (non-hydrogen) atoms.